The highest BCUT2D eigenvalue weighted by molar-refractivity contribution is 7.99. The van der Waals surface area contributed by atoms with Crippen molar-refractivity contribution in [1.82, 2.24) is 4.90 Å². The lowest BCUT2D eigenvalue weighted by Gasteiger charge is -2.24. The average Bonchev–Trinajstić information content (AvgIpc) is 3.33. The predicted molar refractivity (Wildman–Crippen MR) is 117 cm³/mol. The van der Waals surface area contributed by atoms with Gasteiger partial charge in [0, 0.05) is 11.1 Å². The number of amides is 3. The molecule has 3 amide bonds. The Morgan fingerprint density at radius 3 is 2.50 bits per heavy atom. The molecule has 0 aliphatic carbocycles. The van der Waals surface area contributed by atoms with E-state index in [1.807, 2.05) is 60.7 Å². The van der Waals surface area contributed by atoms with E-state index < -0.39 is 6.04 Å². The van der Waals surface area contributed by atoms with Gasteiger partial charge in [-0.05, 0) is 29.1 Å². The highest BCUT2D eigenvalue weighted by atomic mass is 32.2. The zero-order valence-electron chi connectivity index (χ0n) is 16.6. The minimum atomic E-state index is -0.473. The SMILES string of the molecule is COc1ccc(C2SCC3C(=O)N(c4cccc5ccccc45)C(=O)N32)cc1OC. The lowest BCUT2D eigenvalue weighted by Crippen LogP contribution is -2.34. The van der Waals surface area contributed by atoms with Crippen LogP contribution in [0.4, 0.5) is 10.5 Å². The first-order valence-corrected chi connectivity index (χ1v) is 10.7. The molecule has 0 saturated carbocycles. The molecule has 152 valence electrons. The van der Waals surface area contributed by atoms with Crippen molar-refractivity contribution in [3.63, 3.8) is 0 Å². The molecule has 6 nitrogen and oxygen atoms in total. The zero-order chi connectivity index (χ0) is 20.8. The zero-order valence-corrected chi connectivity index (χ0v) is 17.4. The molecule has 2 heterocycles. The van der Waals surface area contributed by atoms with Gasteiger partial charge in [-0.15, -0.1) is 11.8 Å². The Bertz CT molecular complexity index is 1160. The Labute approximate surface area is 178 Å². The standard InChI is InChI=1S/C23H20N2O4S/c1-28-19-11-10-15(12-20(19)29-2)22-25-18(13-30-22)21(26)24(23(25)27)17-9-5-7-14-6-3-4-8-16(14)17/h3-12,18,22H,13H2,1-2H3. The average molecular weight is 420 g/mol. The molecule has 0 bridgehead atoms. The molecule has 2 unspecified atom stereocenters. The molecule has 3 aromatic rings. The summed E-state index contributed by atoms with van der Waals surface area (Å²) in [6.07, 6.45) is 0. The molecular formula is C23H20N2O4S. The lowest BCUT2D eigenvalue weighted by molar-refractivity contribution is -0.119. The lowest BCUT2D eigenvalue weighted by atomic mass is 10.1. The van der Waals surface area contributed by atoms with Crippen LogP contribution in [0.3, 0.4) is 0 Å². The van der Waals surface area contributed by atoms with Gasteiger partial charge in [0.05, 0.1) is 19.9 Å². The summed E-state index contributed by atoms with van der Waals surface area (Å²) < 4.78 is 10.7. The van der Waals surface area contributed by atoms with Gasteiger partial charge in [0.15, 0.2) is 11.5 Å². The van der Waals surface area contributed by atoms with Crippen LogP contribution in [0, 0.1) is 0 Å². The van der Waals surface area contributed by atoms with Gasteiger partial charge in [-0.25, -0.2) is 9.69 Å². The number of urea groups is 1. The van der Waals surface area contributed by atoms with Crippen LogP contribution in [0.5, 0.6) is 11.5 Å². The van der Waals surface area contributed by atoms with Crippen LogP contribution in [0.15, 0.2) is 60.7 Å². The molecule has 2 aliphatic rings. The van der Waals surface area contributed by atoms with Gasteiger partial charge in [0.2, 0.25) is 0 Å². The molecule has 0 aromatic heterocycles. The first kappa shape index (κ1) is 18.8. The van der Waals surface area contributed by atoms with E-state index >= 15 is 0 Å². The Morgan fingerprint density at radius 1 is 0.933 bits per heavy atom. The monoisotopic (exact) mass is 420 g/mol. The van der Waals surface area contributed by atoms with E-state index in [0.29, 0.717) is 22.9 Å². The van der Waals surface area contributed by atoms with Crippen molar-refractivity contribution in [2.75, 3.05) is 24.9 Å². The number of thioether (sulfide) groups is 1. The molecule has 2 atom stereocenters. The number of carbonyl (C=O) groups is 2. The van der Waals surface area contributed by atoms with Gasteiger partial charge in [-0.3, -0.25) is 9.69 Å². The van der Waals surface area contributed by atoms with Gasteiger partial charge < -0.3 is 9.47 Å². The summed E-state index contributed by atoms with van der Waals surface area (Å²) in [4.78, 5) is 29.7. The van der Waals surface area contributed by atoms with Crippen LogP contribution in [-0.2, 0) is 4.79 Å². The normalized spacial score (nSPS) is 20.7. The van der Waals surface area contributed by atoms with Crippen LogP contribution in [-0.4, -0.2) is 42.9 Å². The maximum atomic E-state index is 13.5. The second-order valence-electron chi connectivity index (χ2n) is 7.18. The van der Waals surface area contributed by atoms with Gasteiger partial charge in [-0.1, -0.05) is 42.5 Å². The minimum absolute atomic E-state index is 0.174. The van der Waals surface area contributed by atoms with Crippen molar-refractivity contribution < 1.29 is 19.1 Å². The summed E-state index contributed by atoms with van der Waals surface area (Å²) in [5.74, 6) is 1.61. The van der Waals surface area contributed by atoms with Gasteiger partial charge in [-0.2, -0.15) is 0 Å². The number of methoxy groups -OCH3 is 2. The van der Waals surface area contributed by atoms with Crippen molar-refractivity contribution >= 4 is 40.2 Å². The van der Waals surface area contributed by atoms with Crippen molar-refractivity contribution in [3.05, 3.63) is 66.2 Å². The third-order valence-corrected chi connectivity index (χ3v) is 6.94. The fraction of sp³-hybridized carbons (Fsp3) is 0.217. The molecule has 0 spiro atoms. The number of carbonyl (C=O) groups excluding carboxylic acids is 2. The maximum Gasteiger partial charge on any atom is 0.333 e. The predicted octanol–water partition coefficient (Wildman–Crippen LogP) is 4.44. The second kappa shape index (κ2) is 7.25. The Balaban J connectivity index is 1.54. The first-order chi connectivity index (χ1) is 14.6. The number of fused-ring (bicyclic) bond motifs is 2. The van der Waals surface area contributed by atoms with Crippen molar-refractivity contribution in [2.45, 2.75) is 11.4 Å². The summed E-state index contributed by atoms with van der Waals surface area (Å²) in [5, 5.41) is 1.62. The third kappa shape index (κ3) is 2.73. The number of hydrogen-bond donors (Lipinski definition) is 0. The summed E-state index contributed by atoms with van der Waals surface area (Å²) >= 11 is 1.59. The Morgan fingerprint density at radius 2 is 1.70 bits per heavy atom. The van der Waals surface area contributed by atoms with E-state index in [1.165, 1.54) is 4.90 Å². The highest BCUT2D eigenvalue weighted by Gasteiger charge is 2.53. The van der Waals surface area contributed by atoms with Gasteiger partial charge >= 0.3 is 6.03 Å². The fourth-order valence-electron chi connectivity index (χ4n) is 4.18. The van der Waals surface area contributed by atoms with Crippen LogP contribution in [0.25, 0.3) is 10.8 Å². The van der Waals surface area contributed by atoms with E-state index in [2.05, 4.69) is 0 Å². The number of rotatable bonds is 4. The summed E-state index contributed by atoms with van der Waals surface area (Å²) in [7, 11) is 3.17. The highest BCUT2D eigenvalue weighted by Crippen LogP contribution is 2.48. The molecule has 0 radical (unpaired) electrons. The largest absolute Gasteiger partial charge is 0.493 e. The number of anilines is 1. The Kier molecular flexibility index (Phi) is 4.55. The molecule has 2 aliphatic heterocycles. The number of nitrogens with zero attached hydrogens (tertiary/aromatic N) is 2. The second-order valence-corrected chi connectivity index (χ2v) is 8.29. The third-order valence-electron chi connectivity index (χ3n) is 5.62. The molecule has 2 fully saturated rings. The quantitative estimate of drug-likeness (QED) is 0.584. The number of ether oxygens (including phenoxy) is 2. The van der Waals surface area contributed by atoms with Crippen LogP contribution < -0.4 is 14.4 Å². The molecular weight excluding hydrogens is 400 g/mol. The van der Waals surface area contributed by atoms with Crippen LogP contribution in [0.1, 0.15) is 10.9 Å². The number of hydrogen-bond acceptors (Lipinski definition) is 5. The summed E-state index contributed by atoms with van der Waals surface area (Å²) in [6, 6.07) is 18.3. The van der Waals surface area contributed by atoms with Crippen LogP contribution >= 0.6 is 11.8 Å². The van der Waals surface area contributed by atoms with Crippen molar-refractivity contribution in [3.8, 4) is 11.5 Å². The Hall–Kier alpha value is -3.19. The van der Waals surface area contributed by atoms with E-state index in [9.17, 15) is 9.59 Å². The molecule has 5 rings (SSSR count). The number of benzene rings is 3. The molecule has 2 saturated heterocycles. The van der Waals surface area contributed by atoms with Gasteiger partial charge in [0.1, 0.15) is 11.4 Å². The van der Waals surface area contributed by atoms with E-state index in [-0.39, 0.29) is 17.3 Å². The fourth-order valence-corrected chi connectivity index (χ4v) is 5.58. The smallest absolute Gasteiger partial charge is 0.333 e. The van der Waals surface area contributed by atoms with Crippen molar-refractivity contribution in [2.24, 2.45) is 0 Å². The minimum Gasteiger partial charge on any atom is -0.493 e. The van der Waals surface area contributed by atoms with Gasteiger partial charge in [0.25, 0.3) is 5.91 Å². The van der Waals surface area contributed by atoms with Crippen LogP contribution in [0.2, 0.25) is 0 Å². The summed E-state index contributed by atoms with van der Waals surface area (Å²) in [6.45, 7) is 0. The van der Waals surface area contributed by atoms with Crippen molar-refractivity contribution in [1.29, 1.82) is 0 Å². The van der Waals surface area contributed by atoms with E-state index in [4.69, 9.17) is 9.47 Å². The summed E-state index contributed by atoms with van der Waals surface area (Å²) in [5.41, 5.74) is 1.54. The maximum absolute atomic E-state index is 13.5. The molecule has 30 heavy (non-hydrogen) atoms. The molecule has 3 aromatic carbocycles. The van der Waals surface area contributed by atoms with E-state index in [0.717, 1.165) is 16.3 Å². The molecule has 7 heteroatoms. The van der Waals surface area contributed by atoms with E-state index in [1.54, 1.807) is 30.9 Å². The first-order valence-electron chi connectivity index (χ1n) is 9.61. The topological polar surface area (TPSA) is 59.1 Å². The molecule has 0 N–H and O–H groups in total. The number of imide groups is 1.